The number of ketones is 1. The largest absolute Gasteiger partial charge is 0.370 e. The van der Waals surface area contributed by atoms with Gasteiger partial charge in [-0.1, -0.05) is 6.07 Å². The molecule has 1 saturated heterocycles. The number of nitrogens with one attached hydrogen (secondary N) is 1. The molecule has 0 radical (unpaired) electrons. The predicted octanol–water partition coefficient (Wildman–Crippen LogP) is 3.92. The number of carbonyl (C=O) groups is 1. The Hall–Kier alpha value is -1.79. The first-order valence-electron chi connectivity index (χ1n) is 8.73. The zero-order valence-corrected chi connectivity index (χ0v) is 16.1. The van der Waals surface area contributed by atoms with Crippen LogP contribution in [0.4, 0.5) is 5.82 Å². The van der Waals surface area contributed by atoms with E-state index in [2.05, 4.69) is 36.1 Å². The van der Waals surface area contributed by atoms with Gasteiger partial charge in [0.05, 0.1) is 0 Å². The predicted molar refractivity (Wildman–Crippen MR) is 105 cm³/mol. The van der Waals surface area contributed by atoms with E-state index < -0.39 is 0 Å². The van der Waals surface area contributed by atoms with Crippen molar-refractivity contribution in [2.45, 2.75) is 26.2 Å². The molecule has 1 aliphatic rings. The van der Waals surface area contributed by atoms with Gasteiger partial charge in [-0.3, -0.25) is 9.78 Å². The highest BCUT2D eigenvalue weighted by molar-refractivity contribution is 9.10. The van der Waals surface area contributed by atoms with Gasteiger partial charge in [-0.25, -0.2) is 4.98 Å². The van der Waals surface area contributed by atoms with Crippen LogP contribution in [0, 0.1) is 6.92 Å². The van der Waals surface area contributed by atoms with E-state index in [1.807, 2.05) is 19.1 Å². The maximum absolute atomic E-state index is 12.7. The topological polar surface area (TPSA) is 58.1 Å². The number of pyridine rings is 2. The van der Waals surface area contributed by atoms with Crippen molar-refractivity contribution in [2.24, 2.45) is 0 Å². The number of hydrogen-bond donors (Lipinski definition) is 1. The van der Waals surface area contributed by atoms with Crippen LogP contribution < -0.4 is 5.32 Å². The average molecular weight is 405 g/mol. The van der Waals surface area contributed by atoms with Crippen LogP contribution in [-0.2, 0) is 0 Å². The molecular weight excluding hydrogens is 380 g/mol. The summed E-state index contributed by atoms with van der Waals surface area (Å²) in [5.74, 6) is 0.639. The Morgan fingerprint density at radius 1 is 1.36 bits per heavy atom. The summed E-state index contributed by atoms with van der Waals surface area (Å²) in [5, 5.41) is 3.33. The van der Waals surface area contributed by atoms with E-state index in [1.54, 1.807) is 18.3 Å². The number of aryl methyl sites for hydroxylation is 1. The van der Waals surface area contributed by atoms with E-state index >= 15 is 0 Å². The quantitative estimate of drug-likeness (QED) is 0.559. The SMILES string of the molecule is Cc1ncc(Br)cc1C(=O)c1cccc(NCCCN2CCCC2)n1.[HH]. The van der Waals surface area contributed by atoms with Crippen LogP contribution in [0.2, 0.25) is 0 Å². The summed E-state index contributed by atoms with van der Waals surface area (Å²) in [6.45, 7) is 6.26. The standard InChI is InChI=1S/C19H23BrN4O.H2/c1-14-16(12-15(20)13-22-14)19(25)17-6-4-7-18(23-17)21-8-5-11-24-9-2-3-10-24;/h4,6-7,12-13H,2-3,5,8-11H2,1H3,(H,21,23);1H. The van der Waals surface area contributed by atoms with Crippen molar-refractivity contribution in [3.8, 4) is 0 Å². The highest BCUT2D eigenvalue weighted by Gasteiger charge is 2.15. The van der Waals surface area contributed by atoms with Gasteiger partial charge >= 0.3 is 0 Å². The fraction of sp³-hybridized carbons (Fsp3) is 0.421. The number of rotatable bonds is 7. The second-order valence-corrected chi connectivity index (χ2v) is 7.27. The van der Waals surface area contributed by atoms with Gasteiger partial charge in [-0.05, 0) is 79.9 Å². The maximum atomic E-state index is 12.7. The van der Waals surface area contributed by atoms with Gasteiger partial charge in [-0.2, -0.15) is 0 Å². The van der Waals surface area contributed by atoms with Crippen LogP contribution in [0.15, 0.2) is 34.9 Å². The number of nitrogens with zero attached hydrogens (tertiary/aromatic N) is 3. The van der Waals surface area contributed by atoms with Crippen LogP contribution in [0.25, 0.3) is 0 Å². The van der Waals surface area contributed by atoms with Crippen LogP contribution in [0.1, 0.15) is 42.4 Å². The molecule has 5 nitrogen and oxygen atoms in total. The third-order valence-electron chi connectivity index (χ3n) is 4.44. The number of carbonyl (C=O) groups excluding carboxylic acids is 1. The fourth-order valence-electron chi connectivity index (χ4n) is 3.06. The van der Waals surface area contributed by atoms with E-state index in [-0.39, 0.29) is 7.21 Å². The molecule has 0 spiro atoms. The molecule has 2 aromatic rings. The third kappa shape index (κ3) is 4.86. The van der Waals surface area contributed by atoms with Gasteiger partial charge in [0.15, 0.2) is 0 Å². The number of halogens is 1. The molecule has 1 N–H and O–H groups in total. The number of aromatic nitrogens is 2. The minimum absolute atomic E-state index is 0. The summed E-state index contributed by atoms with van der Waals surface area (Å²) in [5.41, 5.74) is 1.72. The Bertz CT molecular complexity index is 750. The van der Waals surface area contributed by atoms with Gasteiger partial charge in [-0.15, -0.1) is 0 Å². The van der Waals surface area contributed by atoms with Gasteiger partial charge in [0.25, 0.3) is 0 Å². The van der Waals surface area contributed by atoms with Gasteiger partial charge in [0.1, 0.15) is 11.5 Å². The van der Waals surface area contributed by atoms with Crippen molar-refractivity contribution in [2.75, 3.05) is 31.5 Å². The summed E-state index contributed by atoms with van der Waals surface area (Å²) in [4.78, 5) is 23.9. The number of likely N-dealkylation sites (tertiary alicyclic amines) is 1. The first-order chi connectivity index (χ1) is 12.1. The number of anilines is 1. The lowest BCUT2D eigenvalue weighted by Gasteiger charge is -2.14. The minimum Gasteiger partial charge on any atom is -0.370 e. The molecule has 0 saturated carbocycles. The summed E-state index contributed by atoms with van der Waals surface area (Å²) < 4.78 is 0.789. The molecular formula is C19H25BrN4O. The zero-order valence-electron chi connectivity index (χ0n) is 14.5. The van der Waals surface area contributed by atoms with Crippen LogP contribution in [0.5, 0.6) is 0 Å². The lowest BCUT2D eigenvalue weighted by molar-refractivity contribution is 0.103. The molecule has 2 aromatic heterocycles. The van der Waals surface area contributed by atoms with E-state index in [4.69, 9.17) is 0 Å². The lowest BCUT2D eigenvalue weighted by atomic mass is 10.1. The Balaban J connectivity index is 0.00000243. The second kappa shape index (κ2) is 8.54. The molecule has 0 aromatic carbocycles. The fourth-order valence-corrected chi connectivity index (χ4v) is 3.39. The van der Waals surface area contributed by atoms with E-state index in [0.717, 1.165) is 29.8 Å². The molecule has 6 heteroatoms. The summed E-state index contributed by atoms with van der Waals surface area (Å²) in [7, 11) is 0. The first-order valence-corrected chi connectivity index (χ1v) is 9.53. The third-order valence-corrected chi connectivity index (χ3v) is 4.87. The molecule has 134 valence electrons. The monoisotopic (exact) mass is 404 g/mol. The van der Waals surface area contributed by atoms with Crippen LogP contribution in [-0.4, -0.2) is 46.8 Å². The van der Waals surface area contributed by atoms with Crippen molar-refractivity contribution >= 4 is 27.5 Å². The first kappa shape index (κ1) is 18.0. The molecule has 3 rings (SSSR count). The average Bonchev–Trinajstić information content (AvgIpc) is 3.14. The van der Waals surface area contributed by atoms with E-state index in [1.165, 1.54) is 25.9 Å². The number of hydrogen-bond acceptors (Lipinski definition) is 5. The maximum Gasteiger partial charge on any atom is 0.213 e. The van der Waals surface area contributed by atoms with Gasteiger partial charge < -0.3 is 10.2 Å². The van der Waals surface area contributed by atoms with Crippen molar-refractivity contribution < 1.29 is 6.22 Å². The minimum atomic E-state index is -0.105. The molecule has 0 bridgehead atoms. The molecule has 1 aliphatic heterocycles. The second-order valence-electron chi connectivity index (χ2n) is 6.35. The Morgan fingerprint density at radius 3 is 2.96 bits per heavy atom. The summed E-state index contributed by atoms with van der Waals surface area (Å²) >= 11 is 3.37. The zero-order chi connectivity index (χ0) is 17.6. The summed E-state index contributed by atoms with van der Waals surface area (Å²) in [6.07, 6.45) is 5.42. The smallest absolute Gasteiger partial charge is 0.213 e. The van der Waals surface area contributed by atoms with Crippen LogP contribution in [0.3, 0.4) is 0 Å². The summed E-state index contributed by atoms with van der Waals surface area (Å²) in [6, 6.07) is 7.31. The normalized spacial score (nSPS) is 14.6. The molecule has 0 amide bonds. The van der Waals surface area contributed by atoms with Gasteiger partial charge in [0, 0.05) is 29.9 Å². The van der Waals surface area contributed by atoms with Crippen molar-refractivity contribution in [3.05, 3.63) is 51.9 Å². The van der Waals surface area contributed by atoms with E-state index in [9.17, 15) is 4.79 Å². The Morgan fingerprint density at radius 2 is 2.16 bits per heavy atom. The lowest BCUT2D eigenvalue weighted by Crippen LogP contribution is -2.22. The molecule has 25 heavy (non-hydrogen) atoms. The molecule has 1 fully saturated rings. The Kier molecular flexibility index (Phi) is 6.15. The highest BCUT2D eigenvalue weighted by atomic mass is 79.9. The molecule has 0 unspecified atom stereocenters. The molecule has 0 aliphatic carbocycles. The molecule has 3 heterocycles. The Labute approximate surface area is 158 Å². The van der Waals surface area contributed by atoms with Crippen molar-refractivity contribution in [1.29, 1.82) is 0 Å². The van der Waals surface area contributed by atoms with Crippen LogP contribution >= 0.6 is 15.9 Å². The van der Waals surface area contributed by atoms with E-state index in [0.29, 0.717) is 17.0 Å². The highest BCUT2D eigenvalue weighted by Crippen LogP contribution is 2.17. The molecule has 0 atom stereocenters. The van der Waals surface area contributed by atoms with Crippen molar-refractivity contribution in [1.82, 2.24) is 14.9 Å². The van der Waals surface area contributed by atoms with Crippen molar-refractivity contribution in [3.63, 3.8) is 0 Å². The van der Waals surface area contributed by atoms with Gasteiger partial charge in [0.2, 0.25) is 5.78 Å².